The zero-order valence-electron chi connectivity index (χ0n) is 17.0. The molecule has 0 saturated carbocycles. The van der Waals surface area contributed by atoms with Crippen LogP contribution in [0.1, 0.15) is 22.3 Å². The molecule has 0 spiro atoms. The standard InChI is InChI=1S/C25H21ClN2O2/c1-15-8-10-18(11-9-15)22-23(27-20-7-5-4-6-16(20)2)25(30)28(24(22)29)21-13-12-19(26)14-17(21)3/h4-14,27H,1-3H3. The minimum atomic E-state index is -0.385. The van der Waals surface area contributed by atoms with Crippen LogP contribution in [0.25, 0.3) is 5.57 Å². The Kier molecular flexibility index (Phi) is 5.18. The number of rotatable bonds is 4. The molecule has 0 saturated heterocycles. The number of carbonyl (C=O) groups is 2. The summed E-state index contributed by atoms with van der Waals surface area (Å²) in [6.45, 7) is 5.77. The second kappa shape index (κ2) is 7.81. The van der Waals surface area contributed by atoms with Gasteiger partial charge < -0.3 is 5.32 Å². The Labute approximate surface area is 180 Å². The van der Waals surface area contributed by atoms with Crippen LogP contribution >= 0.6 is 11.6 Å². The highest BCUT2D eigenvalue weighted by molar-refractivity contribution is 6.46. The second-order valence-corrected chi connectivity index (χ2v) is 7.87. The van der Waals surface area contributed by atoms with Crippen LogP contribution in [0.15, 0.2) is 72.4 Å². The Bertz CT molecular complexity index is 1200. The van der Waals surface area contributed by atoms with Gasteiger partial charge in [-0.05, 0) is 61.7 Å². The molecule has 0 aliphatic carbocycles. The van der Waals surface area contributed by atoms with Crippen molar-refractivity contribution in [2.24, 2.45) is 0 Å². The molecule has 150 valence electrons. The van der Waals surface area contributed by atoms with E-state index in [1.54, 1.807) is 18.2 Å². The molecule has 0 aromatic heterocycles. The first-order valence-electron chi connectivity index (χ1n) is 9.65. The van der Waals surface area contributed by atoms with Crippen molar-refractivity contribution in [1.82, 2.24) is 0 Å². The SMILES string of the molecule is Cc1ccc(C2=C(Nc3ccccc3C)C(=O)N(c3ccc(Cl)cc3C)C2=O)cc1. The summed E-state index contributed by atoms with van der Waals surface area (Å²) in [4.78, 5) is 28.2. The van der Waals surface area contributed by atoms with Crippen LogP contribution in [0.2, 0.25) is 5.02 Å². The van der Waals surface area contributed by atoms with E-state index in [4.69, 9.17) is 11.6 Å². The molecule has 0 unspecified atom stereocenters. The van der Waals surface area contributed by atoms with E-state index in [9.17, 15) is 9.59 Å². The topological polar surface area (TPSA) is 49.4 Å². The Balaban J connectivity index is 1.86. The third kappa shape index (κ3) is 3.51. The maximum Gasteiger partial charge on any atom is 0.282 e. The number of para-hydroxylation sites is 1. The number of imide groups is 1. The van der Waals surface area contributed by atoms with Crippen molar-refractivity contribution in [2.45, 2.75) is 20.8 Å². The maximum absolute atomic E-state index is 13.5. The van der Waals surface area contributed by atoms with Crippen molar-refractivity contribution < 1.29 is 9.59 Å². The van der Waals surface area contributed by atoms with Crippen LogP contribution in [-0.2, 0) is 9.59 Å². The molecule has 1 aliphatic rings. The van der Waals surface area contributed by atoms with Crippen molar-refractivity contribution in [3.05, 3.63) is 99.7 Å². The molecular weight excluding hydrogens is 396 g/mol. The molecule has 4 nitrogen and oxygen atoms in total. The number of halogens is 1. The number of hydrogen-bond acceptors (Lipinski definition) is 3. The van der Waals surface area contributed by atoms with E-state index < -0.39 is 0 Å². The van der Waals surface area contributed by atoms with E-state index >= 15 is 0 Å². The highest BCUT2D eigenvalue weighted by Crippen LogP contribution is 2.36. The van der Waals surface area contributed by atoms with Gasteiger partial charge in [-0.1, -0.05) is 59.6 Å². The lowest BCUT2D eigenvalue weighted by Crippen LogP contribution is -2.33. The summed E-state index contributed by atoms with van der Waals surface area (Å²) in [5.41, 5.74) is 5.46. The molecule has 1 heterocycles. The highest BCUT2D eigenvalue weighted by atomic mass is 35.5. The van der Waals surface area contributed by atoms with Gasteiger partial charge in [-0.3, -0.25) is 9.59 Å². The largest absolute Gasteiger partial charge is 0.350 e. The quantitative estimate of drug-likeness (QED) is 0.558. The number of anilines is 2. The van der Waals surface area contributed by atoms with E-state index in [-0.39, 0.29) is 17.5 Å². The zero-order chi connectivity index (χ0) is 21.4. The summed E-state index contributed by atoms with van der Waals surface area (Å²) in [7, 11) is 0. The van der Waals surface area contributed by atoms with E-state index in [0.29, 0.717) is 21.8 Å². The van der Waals surface area contributed by atoms with Crippen LogP contribution in [0, 0.1) is 20.8 Å². The molecule has 0 bridgehead atoms. The first-order chi connectivity index (χ1) is 14.4. The normalized spacial score (nSPS) is 13.9. The molecule has 1 N–H and O–H groups in total. The van der Waals surface area contributed by atoms with Gasteiger partial charge in [0, 0.05) is 10.7 Å². The minimum absolute atomic E-state index is 0.271. The third-order valence-electron chi connectivity index (χ3n) is 5.23. The van der Waals surface area contributed by atoms with Gasteiger partial charge in [-0.2, -0.15) is 0 Å². The summed E-state index contributed by atoms with van der Waals surface area (Å²) < 4.78 is 0. The van der Waals surface area contributed by atoms with Gasteiger partial charge in [-0.25, -0.2) is 4.90 Å². The average molecular weight is 417 g/mol. The van der Waals surface area contributed by atoms with Crippen molar-refractivity contribution in [3.63, 3.8) is 0 Å². The fourth-order valence-electron chi connectivity index (χ4n) is 3.57. The van der Waals surface area contributed by atoms with Gasteiger partial charge in [0.1, 0.15) is 5.70 Å². The summed E-state index contributed by atoms with van der Waals surface area (Å²) in [6, 6.07) is 20.4. The first kappa shape index (κ1) is 19.9. The number of nitrogens with zero attached hydrogens (tertiary/aromatic N) is 1. The first-order valence-corrected chi connectivity index (χ1v) is 10.0. The second-order valence-electron chi connectivity index (χ2n) is 7.43. The highest BCUT2D eigenvalue weighted by Gasteiger charge is 2.40. The molecule has 3 aromatic carbocycles. The molecule has 1 aliphatic heterocycles. The molecule has 2 amide bonds. The van der Waals surface area contributed by atoms with Crippen LogP contribution < -0.4 is 10.2 Å². The van der Waals surface area contributed by atoms with E-state index in [1.807, 2.05) is 69.3 Å². The van der Waals surface area contributed by atoms with E-state index in [0.717, 1.165) is 22.4 Å². The van der Waals surface area contributed by atoms with Crippen LogP contribution in [-0.4, -0.2) is 11.8 Å². The fourth-order valence-corrected chi connectivity index (χ4v) is 3.80. The van der Waals surface area contributed by atoms with Gasteiger partial charge in [0.05, 0.1) is 11.3 Å². The lowest BCUT2D eigenvalue weighted by Gasteiger charge is -2.18. The Morgan fingerprint density at radius 1 is 0.800 bits per heavy atom. The van der Waals surface area contributed by atoms with Crippen molar-refractivity contribution in [2.75, 3.05) is 10.2 Å². The summed E-state index contributed by atoms with van der Waals surface area (Å²) in [5.74, 6) is -0.741. The Morgan fingerprint density at radius 2 is 1.50 bits per heavy atom. The molecule has 5 heteroatoms. The van der Waals surface area contributed by atoms with Gasteiger partial charge in [0.2, 0.25) is 0 Å². The lowest BCUT2D eigenvalue weighted by atomic mass is 10.0. The predicted molar refractivity (Wildman–Crippen MR) is 122 cm³/mol. The van der Waals surface area contributed by atoms with Gasteiger partial charge >= 0.3 is 0 Å². The molecule has 3 aromatic rings. The predicted octanol–water partition coefficient (Wildman–Crippen LogP) is 5.66. The molecule has 0 fully saturated rings. The van der Waals surface area contributed by atoms with Crippen molar-refractivity contribution in [3.8, 4) is 0 Å². The lowest BCUT2D eigenvalue weighted by molar-refractivity contribution is -0.120. The van der Waals surface area contributed by atoms with E-state index in [1.165, 1.54) is 4.90 Å². The number of hydrogen-bond donors (Lipinski definition) is 1. The number of amides is 2. The Hall–Kier alpha value is -3.37. The minimum Gasteiger partial charge on any atom is -0.350 e. The number of carbonyl (C=O) groups excluding carboxylic acids is 2. The average Bonchev–Trinajstić information content (AvgIpc) is 2.95. The van der Waals surface area contributed by atoms with Crippen molar-refractivity contribution >= 4 is 40.4 Å². The van der Waals surface area contributed by atoms with Gasteiger partial charge in [0.25, 0.3) is 11.8 Å². The molecule has 30 heavy (non-hydrogen) atoms. The molecular formula is C25H21ClN2O2. The monoisotopic (exact) mass is 416 g/mol. The number of benzene rings is 3. The summed E-state index contributed by atoms with van der Waals surface area (Å²) in [5, 5.41) is 3.78. The number of nitrogens with one attached hydrogen (secondary N) is 1. The third-order valence-corrected chi connectivity index (χ3v) is 5.46. The molecule has 4 rings (SSSR count). The van der Waals surface area contributed by atoms with Crippen molar-refractivity contribution in [1.29, 1.82) is 0 Å². The van der Waals surface area contributed by atoms with Crippen LogP contribution in [0.5, 0.6) is 0 Å². The van der Waals surface area contributed by atoms with Crippen LogP contribution in [0.3, 0.4) is 0 Å². The Morgan fingerprint density at radius 3 is 2.17 bits per heavy atom. The summed E-state index contributed by atoms with van der Waals surface area (Å²) >= 11 is 6.08. The molecule has 0 atom stereocenters. The summed E-state index contributed by atoms with van der Waals surface area (Å²) in [6.07, 6.45) is 0. The van der Waals surface area contributed by atoms with Gasteiger partial charge in [0.15, 0.2) is 0 Å². The van der Waals surface area contributed by atoms with Gasteiger partial charge in [-0.15, -0.1) is 0 Å². The molecule has 0 radical (unpaired) electrons. The van der Waals surface area contributed by atoms with Crippen LogP contribution in [0.4, 0.5) is 11.4 Å². The zero-order valence-corrected chi connectivity index (χ0v) is 17.7. The smallest absolute Gasteiger partial charge is 0.282 e. The van der Waals surface area contributed by atoms with E-state index in [2.05, 4.69) is 5.32 Å². The fraction of sp³-hybridized carbons (Fsp3) is 0.120. The number of aryl methyl sites for hydroxylation is 3. The maximum atomic E-state index is 13.5.